The average molecular weight is 394 g/mol. The molecule has 1 amide bonds. The molecule has 0 radical (unpaired) electrons. The number of ether oxygens (including phenoxy) is 1. The van der Waals surface area contributed by atoms with Gasteiger partial charge in [-0.05, 0) is 19.1 Å². The summed E-state index contributed by atoms with van der Waals surface area (Å²) < 4.78 is 5.29. The molecule has 1 fully saturated rings. The number of aromatic nitrogens is 1. The van der Waals surface area contributed by atoms with Crippen molar-refractivity contribution in [3.8, 4) is 16.3 Å². The first-order valence-corrected chi connectivity index (χ1v) is 10.1. The lowest BCUT2D eigenvalue weighted by Gasteiger charge is -2.39. The van der Waals surface area contributed by atoms with Gasteiger partial charge in [-0.25, -0.2) is 4.98 Å². The number of anilines is 1. The van der Waals surface area contributed by atoms with Crippen molar-refractivity contribution < 1.29 is 9.53 Å². The number of amides is 1. The minimum atomic E-state index is 0.110. The Hall–Kier alpha value is -2.70. The predicted molar refractivity (Wildman–Crippen MR) is 113 cm³/mol. The van der Waals surface area contributed by atoms with E-state index in [1.807, 2.05) is 53.6 Å². The number of nitrogens with zero attached hydrogens (tertiary/aromatic N) is 3. The fourth-order valence-electron chi connectivity index (χ4n) is 3.43. The summed E-state index contributed by atoms with van der Waals surface area (Å²) in [7, 11) is 1.64. The first kappa shape index (κ1) is 18.7. The van der Waals surface area contributed by atoms with E-state index >= 15 is 0 Å². The minimum absolute atomic E-state index is 0.110. The van der Waals surface area contributed by atoms with Crippen LogP contribution in [0.25, 0.3) is 10.6 Å². The van der Waals surface area contributed by atoms with Crippen LogP contribution in [0.4, 0.5) is 5.69 Å². The van der Waals surface area contributed by atoms with Gasteiger partial charge in [-0.2, -0.15) is 0 Å². The van der Waals surface area contributed by atoms with E-state index in [0.717, 1.165) is 28.6 Å². The highest BCUT2D eigenvalue weighted by Gasteiger charge is 2.30. The van der Waals surface area contributed by atoms with E-state index in [-0.39, 0.29) is 11.9 Å². The molecule has 3 aromatic rings. The largest absolute Gasteiger partial charge is 0.497 e. The Kier molecular flexibility index (Phi) is 5.41. The summed E-state index contributed by atoms with van der Waals surface area (Å²) in [5.74, 6) is 0.873. The van der Waals surface area contributed by atoms with Crippen molar-refractivity contribution in [2.45, 2.75) is 19.5 Å². The third-order valence-corrected chi connectivity index (χ3v) is 6.04. The Morgan fingerprint density at radius 1 is 1.18 bits per heavy atom. The summed E-state index contributed by atoms with van der Waals surface area (Å²) in [6.45, 7) is 3.97. The van der Waals surface area contributed by atoms with Crippen LogP contribution in [0.15, 0.2) is 60.8 Å². The Morgan fingerprint density at radius 3 is 2.79 bits per heavy atom. The van der Waals surface area contributed by atoms with Gasteiger partial charge in [0.1, 0.15) is 10.8 Å². The molecule has 1 aromatic heterocycles. The topological polar surface area (TPSA) is 45.7 Å². The summed E-state index contributed by atoms with van der Waals surface area (Å²) >= 11 is 1.69. The monoisotopic (exact) mass is 393 g/mol. The lowest BCUT2D eigenvalue weighted by Crippen LogP contribution is -2.54. The summed E-state index contributed by atoms with van der Waals surface area (Å²) in [5.41, 5.74) is 2.02. The van der Waals surface area contributed by atoms with E-state index in [2.05, 4.69) is 28.9 Å². The Morgan fingerprint density at radius 2 is 2.00 bits per heavy atom. The lowest BCUT2D eigenvalue weighted by atomic mass is 10.1. The Bertz CT molecular complexity index is 957. The second-order valence-corrected chi connectivity index (χ2v) is 8.07. The first-order valence-electron chi connectivity index (χ1n) is 9.32. The van der Waals surface area contributed by atoms with Gasteiger partial charge in [0.2, 0.25) is 5.91 Å². The van der Waals surface area contributed by atoms with Crippen LogP contribution in [0.1, 0.15) is 11.8 Å². The van der Waals surface area contributed by atoms with Crippen molar-refractivity contribution in [1.29, 1.82) is 0 Å². The van der Waals surface area contributed by atoms with E-state index in [1.165, 1.54) is 4.88 Å². The molecule has 0 N–H and O–H groups in total. The fraction of sp³-hybridized carbons (Fsp3) is 0.273. The van der Waals surface area contributed by atoms with Gasteiger partial charge in [-0.1, -0.05) is 36.4 Å². The van der Waals surface area contributed by atoms with Crippen molar-refractivity contribution in [2.24, 2.45) is 0 Å². The van der Waals surface area contributed by atoms with E-state index in [4.69, 9.17) is 4.74 Å². The number of benzene rings is 2. The van der Waals surface area contributed by atoms with Crippen LogP contribution in [0.3, 0.4) is 0 Å². The number of hydrogen-bond donors (Lipinski definition) is 0. The van der Waals surface area contributed by atoms with Gasteiger partial charge < -0.3 is 9.64 Å². The molecule has 0 unspecified atom stereocenters. The van der Waals surface area contributed by atoms with Crippen molar-refractivity contribution in [1.82, 2.24) is 9.88 Å². The quantitative estimate of drug-likeness (QED) is 0.656. The van der Waals surface area contributed by atoms with Gasteiger partial charge in [0.05, 0.1) is 13.7 Å². The molecule has 2 aromatic carbocycles. The van der Waals surface area contributed by atoms with Gasteiger partial charge in [-0.3, -0.25) is 9.69 Å². The minimum Gasteiger partial charge on any atom is -0.497 e. The number of thiazole rings is 1. The highest BCUT2D eigenvalue weighted by molar-refractivity contribution is 7.15. The molecule has 2 heterocycles. The van der Waals surface area contributed by atoms with E-state index < -0.39 is 0 Å². The van der Waals surface area contributed by atoms with Gasteiger partial charge in [0.25, 0.3) is 0 Å². The molecule has 6 heteroatoms. The molecule has 1 saturated heterocycles. The summed E-state index contributed by atoms with van der Waals surface area (Å²) in [5, 5.41) is 1.02. The molecule has 0 bridgehead atoms. The number of piperazine rings is 1. The molecule has 0 saturated carbocycles. The number of rotatable bonds is 5. The molecule has 144 valence electrons. The first-order chi connectivity index (χ1) is 13.6. The van der Waals surface area contributed by atoms with E-state index in [0.29, 0.717) is 13.1 Å². The molecular weight excluding hydrogens is 370 g/mol. The number of methoxy groups -OCH3 is 1. The zero-order valence-electron chi connectivity index (χ0n) is 16.0. The zero-order valence-corrected chi connectivity index (χ0v) is 16.9. The molecule has 4 rings (SSSR count). The molecule has 1 atom stereocenters. The normalized spacial score (nSPS) is 17.7. The maximum atomic E-state index is 12.8. The molecule has 28 heavy (non-hydrogen) atoms. The van der Waals surface area contributed by atoms with Gasteiger partial charge in [0.15, 0.2) is 0 Å². The Labute approximate surface area is 169 Å². The standard InChI is InChI=1S/C22H23N3O2S/c1-16-13-25(18-9-6-10-19(11-18)27-2)21(26)15-24(16)14-20-12-23-22(28-20)17-7-4-3-5-8-17/h3-12,16H,13-15H2,1-2H3/t16-/m1/s1. The molecule has 5 nitrogen and oxygen atoms in total. The highest BCUT2D eigenvalue weighted by Crippen LogP contribution is 2.28. The third-order valence-electron chi connectivity index (χ3n) is 5.01. The SMILES string of the molecule is COc1cccc(N2C[C@@H](C)N(Cc3cnc(-c4ccccc4)s3)CC2=O)c1. The highest BCUT2D eigenvalue weighted by atomic mass is 32.1. The van der Waals surface area contributed by atoms with Crippen molar-refractivity contribution in [3.63, 3.8) is 0 Å². The maximum Gasteiger partial charge on any atom is 0.241 e. The number of carbonyl (C=O) groups excluding carboxylic acids is 1. The van der Waals surface area contributed by atoms with Crippen LogP contribution in [0, 0.1) is 0 Å². The van der Waals surface area contributed by atoms with Gasteiger partial charge in [-0.15, -0.1) is 11.3 Å². The van der Waals surface area contributed by atoms with Crippen LogP contribution in [-0.2, 0) is 11.3 Å². The molecule has 1 aliphatic rings. The summed E-state index contributed by atoms with van der Waals surface area (Å²) in [6, 6.07) is 18.1. The molecule has 0 spiro atoms. The summed E-state index contributed by atoms with van der Waals surface area (Å²) in [4.78, 5) is 22.6. The summed E-state index contributed by atoms with van der Waals surface area (Å²) in [6.07, 6.45) is 1.93. The van der Waals surface area contributed by atoms with Crippen LogP contribution < -0.4 is 9.64 Å². The van der Waals surface area contributed by atoms with Gasteiger partial charge in [0, 0.05) is 47.5 Å². The smallest absolute Gasteiger partial charge is 0.241 e. The van der Waals surface area contributed by atoms with Crippen molar-refractivity contribution >= 4 is 22.9 Å². The fourth-order valence-corrected chi connectivity index (χ4v) is 4.37. The predicted octanol–water partition coefficient (Wildman–Crippen LogP) is 4.06. The number of hydrogen-bond acceptors (Lipinski definition) is 5. The second kappa shape index (κ2) is 8.12. The number of carbonyl (C=O) groups is 1. The van der Waals surface area contributed by atoms with Crippen LogP contribution in [0.2, 0.25) is 0 Å². The maximum absolute atomic E-state index is 12.8. The van der Waals surface area contributed by atoms with E-state index in [1.54, 1.807) is 18.4 Å². The zero-order chi connectivity index (χ0) is 19.5. The van der Waals surface area contributed by atoms with Gasteiger partial charge >= 0.3 is 0 Å². The second-order valence-electron chi connectivity index (χ2n) is 6.96. The van der Waals surface area contributed by atoms with E-state index in [9.17, 15) is 4.79 Å². The average Bonchev–Trinajstić information content (AvgIpc) is 3.20. The molecule has 0 aliphatic carbocycles. The van der Waals surface area contributed by atoms with Crippen LogP contribution in [0.5, 0.6) is 5.75 Å². The Balaban J connectivity index is 1.45. The molecule has 1 aliphatic heterocycles. The van der Waals surface area contributed by atoms with Crippen molar-refractivity contribution in [2.75, 3.05) is 25.1 Å². The van der Waals surface area contributed by atoms with Crippen LogP contribution in [-0.4, -0.2) is 42.0 Å². The van der Waals surface area contributed by atoms with Crippen molar-refractivity contribution in [3.05, 3.63) is 65.7 Å². The lowest BCUT2D eigenvalue weighted by molar-refractivity contribution is -0.122. The van der Waals surface area contributed by atoms with Crippen LogP contribution >= 0.6 is 11.3 Å². The molecular formula is C22H23N3O2S. The third kappa shape index (κ3) is 3.93.